The first-order valence-electron chi connectivity index (χ1n) is 6.44. The molecule has 0 spiro atoms. The molecule has 2 N–H and O–H groups in total. The summed E-state index contributed by atoms with van der Waals surface area (Å²) in [5.74, 6) is 0.580. The molecule has 20 heavy (non-hydrogen) atoms. The Balaban J connectivity index is 2.22. The van der Waals surface area contributed by atoms with Crippen LogP contribution in [0, 0.1) is 20.8 Å². The lowest BCUT2D eigenvalue weighted by atomic mass is 10.0. The number of phenols is 1. The molecule has 0 saturated carbocycles. The molecule has 0 saturated heterocycles. The number of carbonyl (C=O) groups excluding carboxylic acids is 1. The van der Waals surface area contributed by atoms with Gasteiger partial charge in [-0.3, -0.25) is 4.79 Å². The molecule has 1 amide bonds. The number of nitrogens with zero attached hydrogens (tertiary/aromatic N) is 1. The summed E-state index contributed by atoms with van der Waals surface area (Å²) in [6, 6.07) is 4.68. The van der Waals surface area contributed by atoms with Gasteiger partial charge in [-0.05, 0) is 39.8 Å². The predicted octanol–water partition coefficient (Wildman–Crippen LogP) is 2.80. The van der Waals surface area contributed by atoms with E-state index >= 15 is 0 Å². The zero-order chi connectivity index (χ0) is 14.9. The summed E-state index contributed by atoms with van der Waals surface area (Å²) in [4.78, 5) is 12.3. The minimum atomic E-state index is -0.231. The van der Waals surface area contributed by atoms with Gasteiger partial charge in [0.1, 0.15) is 11.5 Å². The number of nitrogens with one attached hydrogen (secondary N) is 1. The number of phenolic OH excluding ortho intramolecular Hbond substituents is 1. The fraction of sp³-hybridized carbons (Fsp3) is 0.333. The van der Waals surface area contributed by atoms with E-state index in [1.54, 1.807) is 25.1 Å². The predicted molar refractivity (Wildman–Crippen MR) is 74.7 cm³/mol. The lowest BCUT2D eigenvalue weighted by molar-refractivity contribution is 0.0938. The third-order valence-corrected chi connectivity index (χ3v) is 3.42. The molecule has 2 rings (SSSR count). The van der Waals surface area contributed by atoms with Crippen molar-refractivity contribution in [2.75, 3.05) is 0 Å². The lowest BCUT2D eigenvalue weighted by Gasteiger charge is -2.15. The average molecular weight is 274 g/mol. The number of aromatic hydroxyl groups is 1. The van der Waals surface area contributed by atoms with E-state index in [9.17, 15) is 9.90 Å². The Bertz CT molecular complexity index is 627. The normalized spacial score (nSPS) is 12.2. The van der Waals surface area contributed by atoms with Crippen molar-refractivity contribution in [2.45, 2.75) is 33.7 Å². The Hall–Kier alpha value is -2.30. The average Bonchev–Trinajstić information content (AvgIpc) is 2.72. The molecule has 5 heteroatoms. The van der Waals surface area contributed by atoms with Crippen molar-refractivity contribution in [3.8, 4) is 5.75 Å². The SMILES string of the molecule is Cc1noc(C)c1C(C)NC(=O)c1cccc(O)c1C. The van der Waals surface area contributed by atoms with E-state index in [2.05, 4.69) is 10.5 Å². The number of aromatic nitrogens is 1. The second-order valence-electron chi connectivity index (χ2n) is 4.88. The van der Waals surface area contributed by atoms with Gasteiger partial charge in [-0.1, -0.05) is 11.2 Å². The van der Waals surface area contributed by atoms with Gasteiger partial charge in [0.15, 0.2) is 0 Å². The van der Waals surface area contributed by atoms with Crippen LogP contribution in [0.3, 0.4) is 0 Å². The van der Waals surface area contributed by atoms with Gasteiger partial charge in [-0.2, -0.15) is 0 Å². The first kappa shape index (κ1) is 14.1. The van der Waals surface area contributed by atoms with Crippen LogP contribution >= 0.6 is 0 Å². The molecule has 0 bridgehead atoms. The number of hydrogen-bond acceptors (Lipinski definition) is 4. The van der Waals surface area contributed by atoms with Crippen molar-refractivity contribution >= 4 is 5.91 Å². The number of hydrogen-bond donors (Lipinski definition) is 2. The summed E-state index contributed by atoms with van der Waals surface area (Å²) in [5.41, 5.74) is 2.68. The smallest absolute Gasteiger partial charge is 0.252 e. The second-order valence-corrected chi connectivity index (χ2v) is 4.88. The van der Waals surface area contributed by atoms with Crippen LogP contribution in [0.25, 0.3) is 0 Å². The third-order valence-electron chi connectivity index (χ3n) is 3.42. The first-order chi connectivity index (χ1) is 9.41. The van der Waals surface area contributed by atoms with Gasteiger partial charge in [0, 0.05) is 16.7 Å². The van der Waals surface area contributed by atoms with Crippen molar-refractivity contribution in [1.29, 1.82) is 0 Å². The maximum atomic E-state index is 12.3. The van der Waals surface area contributed by atoms with Crippen LogP contribution in [0.15, 0.2) is 22.7 Å². The van der Waals surface area contributed by atoms with Crippen LogP contribution in [0.1, 0.15) is 45.9 Å². The molecule has 1 atom stereocenters. The molecule has 1 heterocycles. The zero-order valence-corrected chi connectivity index (χ0v) is 12.0. The highest BCUT2D eigenvalue weighted by atomic mass is 16.5. The van der Waals surface area contributed by atoms with E-state index in [4.69, 9.17) is 4.52 Å². The maximum absolute atomic E-state index is 12.3. The Labute approximate surface area is 117 Å². The highest BCUT2D eigenvalue weighted by molar-refractivity contribution is 5.96. The molecule has 0 fully saturated rings. The van der Waals surface area contributed by atoms with E-state index in [0.717, 1.165) is 11.3 Å². The largest absolute Gasteiger partial charge is 0.508 e. The van der Waals surface area contributed by atoms with Crippen LogP contribution in [0.4, 0.5) is 0 Å². The summed E-state index contributed by atoms with van der Waals surface area (Å²) < 4.78 is 5.11. The van der Waals surface area contributed by atoms with Gasteiger partial charge >= 0.3 is 0 Å². The molecule has 0 aliphatic heterocycles. The highest BCUT2D eigenvalue weighted by Gasteiger charge is 2.20. The summed E-state index contributed by atoms with van der Waals surface area (Å²) in [5, 5.41) is 16.4. The number of benzene rings is 1. The minimum absolute atomic E-state index is 0.114. The molecular weight excluding hydrogens is 256 g/mol. The fourth-order valence-corrected chi connectivity index (χ4v) is 2.32. The second kappa shape index (κ2) is 5.36. The van der Waals surface area contributed by atoms with Gasteiger partial charge < -0.3 is 14.9 Å². The quantitative estimate of drug-likeness (QED) is 0.902. The Morgan fingerprint density at radius 1 is 1.35 bits per heavy atom. The summed E-state index contributed by atoms with van der Waals surface area (Å²) in [7, 11) is 0. The minimum Gasteiger partial charge on any atom is -0.508 e. The number of amides is 1. The van der Waals surface area contributed by atoms with E-state index in [1.807, 2.05) is 20.8 Å². The molecule has 0 radical (unpaired) electrons. The molecule has 0 aliphatic rings. The van der Waals surface area contributed by atoms with E-state index in [1.165, 1.54) is 0 Å². The van der Waals surface area contributed by atoms with Crippen molar-refractivity contribution in [3.05, 3.63) is 46.3 Å². The van der Waals surface area contributed by atoms with Gasteiger partial charge in [0.2, 0.25) is 0 Å². The van der Waals surface area contributed by atoms with Crippen molar-refractivity contribution in [3.63, 3.8) is 0 Å². The Kier molecular flexibility index (Phi) is 3.79. The molecule has 106 valence electrons. The highest BCUT2D eigenvalue weighted by Crippen LogP contribution is 2.23. The van der Waals surface area contributed by atoms with Crippen LogP contribution in [-0.2, 0) is 0 Å². The standard InChI is InChI=1S/C15H18N2O3/c1-8-12(6-5-7-13(8)18)15(19)16-9(2)14-10(3)17-20-11(14)4/h5-7,9,18H,1-4H3,(H,16,19). The molecule has 1 unspecified atom stereocenters. The van der Waals surface area contributed by atoms with Crippen molar-refractivity contribution < 1.29 is 14.4 Å². The topological polar surface area (TPSA) is 75.4 Å². The first-order valence-corrected chi connectivity index (χ1v) is 6.44. The summed E-state index contributed by atoms with van der Waals surface area (Å²) in [6.45, 7) is 7.25. The molecule has 5 nitrogen and oxygen atoms in total. The number of aryl methyl sites for hydroxylation is 2. The van der Waals surface area contributed by atoms with Crippen LogP contribution < -0.4 is 5.32 Å². The molecular formula is C15H18N2O3. The van der Waals surface area contributed by atoms with E-state index in [0.29, 0.717) is 16.9 Å². The van der Waals surface area contributed by atoms with Crippen LogP contribution in [-0.4, -0.2) is 16.2 Å². The third kappa shape index (κ3) is 2.52. The van der Waals surface area contributed by atoms with Gasteiger partial charge in [-0.25, -0.2) is 0 Å². The molecule has 0 aliphatic carbocycles. The van der Waals surface area contributed by atoms with Crippen LogP contribution in [0.5, 0.6) is 5.75 Å². The number of carbonyl (C=O) groups is 1. The fourth-order valence-electron chi connectivity index (χ4n) is 2.32. The monoisotopic (exact) mass is 274 g/mol. The van der Waals surface area contributed by atoms with Gasteiger partial charge in [-0.15, -0.1) is 0 Å². The van der Waals surface area contributed by atoms with Crippen molar-refractivity contribution in [1.82, 2.24) is 10.5 Å². The zero-order valence-electron chi connectivity index (χ0n) is 12.0. The van der Waals surface area contributed by atoms with E-state index in [-0.39, 0.29) is 17.7 Å². The lowest BCUT2D eigenvalue weighted by Crippen LogP contribution is -2.27. The summed E-state index contributed by atoms with van der Waals surface area (Å²) in [6.07, 6.45) is 0. The van der Waals surface area contributed by atoms with Crippen LogP contribution in [0.2, 0.25) is 0 Å². The molecule has 2 aromatic rings. The summed E-state index contributed by atoms with van der Waals surface area (Å²) >= 11 is 0. The Morgan fingerprint density at radius 2 is 2.05 bits per heavy atom. The maximum Gasteiger partial charge on any atom is 0.252 e. The van der Waals surface area contributed by atoms with Gasteiger partial charge in [0.25, 0.3) is 5.91 Å². The van der Waals surface area contributed by atoms with Crippen molar-refractivity contribution in [2.24, 2.45) is 0 Å². The Morgan fingerprint density at radius 3 is 2.65 bits per heavy atom. The van der Waals surface area contributed by atoms with E-state index < -0.39 is 0 Å². The number of rotatable bonds is 3. The molecule has 1 aromatic carbocycles. The molecule has 1 aromatic heterocycles. The van der Waals surface area contributed by atoms with Gasteiger partial charge in [0.05, 0.1) is 11.7 Å².